The van der Waals surface area contributed by atoms with Crippen molar-refractivity contribution < 1.29 is 9.47 Å². The Labute approximate surface area is 76.9 Å². The van der Waals surface area contributed by atoms with Crippen LogP contribution in [0.15, 0.2) is 0 Å². The van der Waals surface area contributed by atoms with E-state index in [9.17, 15) is 0 Å². The van der Waals surface area contributed by atoms with Gasteiger partial charge in [0.2, 0.25) is 0 Å². The van der Waals surface area contributed by atoms with E-state index in [1.807, 2.05) is 6.92 Å². The summed E-state index contributed by atoms with van der Waals surface area (Å²) in [6.45, 7) is 2.13. The van der Waals surface area contributed by atoms with E-state index in [0.29, 0.717) is 24.0 Å². The highest BCUT2D eigenvalue weighted by Crippen LogP contribution is 2.21. The highest BCUT2D eigenvalue weighted by molar-refractivity contribution is 5.33. The summed E-state index contributed by atoms with van der Waals surface area (Å²) in [5.41, 5.74) is 6.88. The number of methoxy groups -OCH3 is 2. The van der Waals surface area contributed by atoms with E-state index in [2.05, 4.69) is 9.97 Å². The van der Waals surface area contributed by atoms with Crippen LogP contribution in [-0.2, 0) is 6.54 Å². The molecule has 0 unspecified atom stereocenters. The summed E-state index contributed by atoms with van der Waals surface area (Å²) in [5, 5.41) is 0. The Kier molecular flexibility index (Phi) is 3.02. The number of hydrogen-bond donors (Lipinski definition) is 1. The molecule has 5 heteroatoms. The molecule has 0 saturated heterocycles. The number of aromatic nitrogens is 2. The molecule has 0 radical (unpaired) electrons. The smallest absolute Gasteiger partial charge is 0.316 e. The summed E-state index contributed by atoms with van der Waals surface area (Å²) in [6.07, 6.45) is 0. The van der Waals surface area contributed by atoms with E-state index < -0.39 is 0 Å². The van der Waals surface area contributed by atoms with Crippen molar-refractivity contribution in [2.75, 3.05) is 14.2 Å². The van der Waals surface area contributed by atoms with Gasteiger partial charge < -0.3 is 15.2 Å². The molecule has 0 aromatic carbocycles. The molecule has 13 heavy (non-hydrogen) atoms. The van der Waals surface area contributed by atoms with Crippen LogP contribution >= 0.6 is 0 Å². The third-order valence-electron chi connectivity index (χ3n) is 1.66. The largest absolute Gasteiger partial charge is 0.493 e. The average Bonchev–Trinajstić information content (AvgIpc) is 2.16. The summed E-state index contributed by atoms with van der Waals surface area (Å²) in [7, 11) is 3.08. The molecule has 0 aliphatic heterocycles. The van der Waals surface area contributed by atoms with E-state index in [4.69, 9.17) is 15.2 Å². The van der Waals surface area contributed by atoms with E-state index in [0.717, 1.165) is 5.69 Å². The number of nitrogens with zero attached hydrogens (tertiary/aromatic N) is 2. The van der Waals surface area contributed by atoms with Gasteiger partial charge in [0.05, 0.1) is 19.9 Å². The van der Waals surface area contributed by atoms with Crippen LogP contribution in [0.1, 0.15) is 11.4 Å². The van der Waals surface area contributed by atoms with Crippen LogP contribution in [0.25, 0.3) is 0 Å². The number of rotatable bonds is 3. The second kappa shape index (κ2) is 4.04. The minimum Gasteiger partial charge on any atom is -0.493 e. The summed E-state index contributed by atoms with van der Waals surface area (Å²) in [6, 6.07) is 0.318. The van der Waals surface area contributed by atoms with Crippen LogP contribution in [0.3, 0.4) is 0 Å². The lowest BCUT2D eigenvalue weighted by Crippen LogP contribution is -2.07. The Hall–Kier alpha value is -1.36. The van der Waals surface area contributed by atoms with Crippen molar-refractivity contribution in [1.82, 2.24) is 9.97 Å². The molecule has 0 spiro atoms. The molecule has 0 fully saturated rings. The molecule has 1 rings (SSSR count). The number of aryl methyl sites for hydroxylation is 1. The average molecular weight is 183 g/mol. The Morgan fingerprint density at radius 1 is 1.23 bits per heavy atom. The van der Waals surface area contributed by atoms with Gasteiger partial charge in [0.25, 0.3) is 0 Å². The highest BCUT2D eigenvalue weighted by Gasteiger charge is 2.10. The van der Waals surface area contributed by atoms with Crippen LogP contribution < -0.4 is 15.2 Å². The van der Waals surface area contributed by atoms with Gasteiger partial charge >= 0.3 is 6.01 Å². The molecule has 72 valence electrons. The molecular weight excluding hydrogens is 170 g/mol. The molecule has 0 saturated carbocycles. The summed E-state index contributed by atoms with van der Waals surface area (Å²) in [5.74, 6) is 0.628. The van der Waals surface area contributed by atoms with Crippen molar-refractivity contribution in [2.24, 2.45) is 5.73 Å². The first-order chi connectivity index (χ1) is 6.22. The first-order valence-electron chi connectivity index (χ1n) is 3.88. The van der Waals surface area contributed by atoms with Crippen LogP contribution in [0.4, 0.5) is 0 Å². The lowest BCUT2D eigenvalue weighted by molar-refractivity contribution is 0.361. The maximum atomic E-state index is 5.49. The van der Waals surface area contributed by atoms with Crippen molar-refractivity contribution >= 4 is 0 Å². The van der Waals surface area contributed by atoms with Crippen LogP contribution in [-0.4, -0.2) is 24.2 Å². The Balaban J connectivity index is 3.20. The summed E-state index contributed by atoms with van der Waals surface area (Å²) >= 11 is 0. The van der Waals surface area contributed by atoms with E-state index >= 15 is 0 Å². The normalized spacial score (nSPS) is 9.85. The molecule has 0 atom stereocenters. The van der Waals surface area contributed by atoms with Crippen molar-refractivity contribution in [3.63, 3.8) is 0 Å². The van der Waals surface area contributed by atoms with Gasteiger partial charge in [-0.3, -0.25) is 0 Å². The van der Waals surface area contributed by atoms with Gasteiger partial charge in [-0.25, -0.2) is 0 Å². The zero-order chi connectivity index (χ0) is 9.84. The minimum atomic E-state index is 0.308. The lowest BCUT2D eigenvalue weighted by Gasteiger charge is -2.09. The molecule has 0 aliphatic carbocycles. The quantitative estimate of drug-likeness (QED) is 0.727. The summed E-state index contributed by atoms with van der Waals surface area (Å²) < 4.78 is 10.0. The molecule has 1 heterocycles. The third kappa shape index (κ3) is 1.86. The van der Waals surface area contributed by atoms with Gasteiger partial charge in [-0.2, -0.15) is 9.97 Å². The fraction of sp³-hybridized carbons (Fsp3) is 0.500. The topological polar surface area (TPSA) is 70.3 Å². The van der Waals surface area contributed by atoms with Gasteiger partial charge in [0, 0.05) is 6.54 Å². The maximum Gasteiger partial charge on any atom is 0.316 e. The predicted molar refractivity (Wildman–Crippen MR) is 47.8 cm³/mol. The molecule has 0 amide bonds. The third-order valence-corrected chi connectivity index (χ3v) is 1.66. The van der Waals surface area contributed by atoms with Crippen molar-refractivity contribution in [3.05, 3.63) is 11.4 Å². The first kappa shape index (κ1) is 9.73. The van der Waals surface area contributed by atoms with Gasteiger partial charge in [-0.05, 0) is 6.92 Å². The van der Waals surface area contributed by atoms with Crippen LogP contribution in [0.5, 0.6) is 11.8 Å². The second-order valence-electron chi connectivity index (χ2n) is 2.48. The van der Waals surface area contributed by atoms with E-state index in [1.54, 1.807) is 7.11 Å². The fourth-order valence-corrected chi connectivity index (χ4v) is 1.09. The minimum absolute atomic E-state index is 0.308. The molecular formula is C8H13N3O2. The van der Waals surface area contributed by atoms with Gasteiger partial charge in [0.1, 0.15) is 5.69 Å². The predicted octanol–water partition coefficient (Wildman–Crippen LogP) is 0.261. The van der Waals surface area contributed by atoms with Gasteiger partial charge in [0.15, 0.2) is 5.75 Å². The SMILES string of the molecule is COc1nc(C)c(OC)c(CN)n1. The molecule has 2 N–H and O–H groups in total. The standard InChI is InChI=1S/C8H13N3O2/c1-5-7(12-2)6(4-9)11-8(10-5)13-3/h4,9H2,1-3H3. The molecule has 0 bridgehead atoms. The highest BCUT2D eigenvalue weighted by atomic mass is 16.5. The first-order valence-corrected chi connectivity index (χ1v) is 3.88. The monoisotopic (exact) mass is 183 g/mol. The Bertz CT molecular complexity index is 302. The molecule has 1 aromatic heterocycles. The Morgan fingerprint density at radius 3 is 2.38 bits per heavy atom. The zero-order valence-corrected chi connectivity index (χ0v) is 8.00. The van der Waals surface area contributed by atoms with Crippen molar-refractivity contribution in [1.29, 1.82) is 0 Å². The summed E-state index contributed by atoms with van der Waals surface area (Å²) in [4.78, 5) is 8.12. The van der Waals surface area contributed by atoms with Crippen molar-refractivity contribution in [3.8, 4) is 11.8 Å². The van der Waals surface area contributed by atoms with Gasteiger partial charge in [-0.1, -0.05) is 0 Å². The maximum absolute atomic E-state index is 5.49. The fourth-order valence-electron chi connectivity index (χ4n) is 1.09. The Morgan fingerprint density at radius 2 is 1.92 bits per heavy atom. The van der Waals surface area contributed by atoms with E-state index in [1.165, 1.54) is 7.11 Å². The number of nitrogens with two attached hydrogens (primary N) is 1. The zero-order valence-electron chi connectivity index (χ0n) is 8.00. The van der Waals surface area contributed by atoms with E-state index in [-0.39, 0.29) is 0 Å². The number of ether oxygens (including phenoxy) is 2. The molecule has 0 aliphatic rings. The van der Waals surface area contributed by atoms with Crippen LogP contribution in [0.2, 0.25) is 0 Å². The van der Waals surface area contributed by atoms with Crippen molar-refractivity contribution in [2.45, 2.75) is 13.5 Å². The molecule has 5 nitrogen and oxygen atoms in total. The lowest BCUT2D eigenvalue weighted by atomic mass is 10.3. The second-order valence-corrected chi connectivity index (χ2v) is 2.48. The molecule has 1 aromatic rings. The number of hydrogen-bond acceptors (Lipinski definition) is 5. The van der Waals surface area contributed by atoms with Gasteiger partial charge in [-0.15, -0.1) is 0 Å². The van der Waals surface area contributed by atoms with Crippen LogP contribution in [0, 0.1) is 6.92 Å².